The highest BCUT2D eigenvalue weighted by atomic mass is 32.2. The number of hydrogen-bond acceptors (Lipinski definition) is 5. The van der Waals surface area contributed by atoms with Crippen LogP contribution in [0.3, 0.4) is 0 Å². The topological polar surface area (TPSA) is 76.2 Å². The standard InChI is InChI=1S/C19H30N2O5S/c1-19(2,3)26-18(22)20(4)16-7-6-12-21(13-16)27(23,24)14-15-8-10-17(25-5)11-9-15/h8-11,16H,6-7,12-14H2,1-5H3. The molecule has 1 aromatic rings. The first-order valence-electron chi connectivity index (χ1n) is 9.08. The summed E-state index contributed by atoms with van der Waals surface area (Å²) < 4.78 is 37.7. The second kappa shape index (κ2) is 8.48. The number of nitrogens with zero attached hydrogens (tertiary/aromatic N) is 2. The van der Waals surface area contributed by atoms with Gasteiger partial charge < -0.3 is 14.4 Å². The van der Waals surface area contributed by atoms with Crippen LogP contribution in [-0.4, -0.2) is 62.6 Å². The van der Waals surface area contributed by atoms with Crippen LogP contribution in [0.1, 0.15) is 39.2 Å². The molecule has 8 heteroatoms. The molecule has 2 rings (SSSR count). The van der Waals surface area contributed by atoms with Gasteiger partial charge in [-0.2, -0.15) is 4.31 Å². The molecule has 0 aromatic heterocycles. The van der Waals surface area contributed by atoms with Crippen LogP contribution in [0.4, 0.5) is 4.79 Å². The Morgan fingerprint density at radius 2 is 1.89 bits per heavy atom. The summed E-state index contributed by atoms with van der Waals surface area (Å²) in [6.45, 7) is 6.19. The van der Waals surface area contributed by atoms with Crippen molar-refractivity contribution in [3.05, 3.63) is 29.8 Å². The van der Waals surface area contributed by atoms with Crippen molar-refractivity contribution in [2.75, 3.05) is 27.2 Å². The second-order valence-electron chi connectivity index (χ2n) is 7.85. The van der Waals surface area contributed by atoms with Gasteiger partial charge in [0.2, 0.25) is 10.0 Å². The molecule has 1 heterocycles. The smallest absolute Gasteiger partial charge is 0.410 e. The molecule has 27 heavy (non-hydrogen) atoms. The normalized spacial score (nSPS) is 18.8. The van der Waals surface area contributed by atoms with Crippen LogP contribution in [0.5, 0.6) is 5.75 Å². The summed E-state index contributed by atoms with van der Waals surface area (Å²) in [4.78, 5) is 13.8. The number of amides is 1. The van der Waals surface area contributed by atoms with Crippen LogP contribution in [0.2, 0.25) is 0 Å². The fourth-order valence-electron chi connectivity index (χ4n) is 3.00. The minimum absolute atomic E-state index is 0.0696. The summed E-state index contributed by atoms with van der Waals surface area (Å²) in [5.74, 6) is 0.619. The summed E-state index contributed by atoms with van der Waals surface area (Å²) in [7, 11) is -0.234. The first-order chi connectivity index (χ1) is 12.5. The van der Waals surface area contributed by atoms with Crippen molar-refractivity contribution in [3.63, 3.8) is 0 Å². The van der Waals surface area contributed by atoms with E-state index in [1.165, 1.54) is 9.21 Å². The maximum atomic E-state index is 12.8. The lowest BCUT2D eigenvalue weighted by Gasteiger charge is -2.37. The van der Waals surface area contributed by atoms with Gasteiger partial charge in [0.15, 0.2) is 0 Å². The van der Waals surface area contributed by atoms with Crippen molar-refractivity contribution >= 4 is 16.1 Å². The Kier molecular flexibility index (Phi) is 6.75. The molecule has 152 valence electrons. The number of methoxy groups -OCH3 is 1. The van der Waals surface area contributed by atoms with Gasteiger partial charge in [-0.3, -0.25) is 0 Å². The number of piperidine rings is 1. The Bertz CT molecular complexity index is 740. The molecule has 1 aromatic carbocycles. The molecule has 1 amide bonds. The van der Waals surface area contributed by atoms with Gasteiger partial charge in [-0.1, -0.05) is 12.1 Å². The zero-order valence-electron chi connectivity index (χ0n) is 16.8. The summed E-state index contributed by atoms with van der Waals surface area (Å²) in [5.41, 5.74) is 0.124. The first kappa shape index (κ1) is 21.5. The zero-order valence-corrected chi connectivity index (χ0v) is 17.6. The number of sulfonamides is 1. The highest BCUT2D eigenvalue weighted by molar-refractivity contribution is 7.88. The number of likely N-dealkylation sites (N-methyl/N-ethyl adjacent to an activating group) is 1. The zero-order chi connectivity index (χ0) is 20.2. The SMILES string of the molecule is COc1ccc(CS(=O)(=O)N2CCCC(N(C)C(=O)OC(C)(C)C)C2)cc1. The van der Waals surface area contributed by atoms with E-state index in [1.807, 2.05) is 20.8 Å². The lowest BCUT2D eigenvalue weighted by molar-refractivity contribution is 0.0173. The Hall–Kier alpha value is -1.80. The van der Waals surface area contributed by atoms with Crippen LogP contribution in [-0.2, 0) is 20.5 Å². The third-order valence-corrected chi connectivity index (χ3v) is 6.31. The third-order valence-electron chi connectivity index (χ3n) is 4.49. The van der Waals surface area contributed by atoms with Gasteiger partial charge in [0.05, 0.1) is 12.9 Å². The Balaban J connectivity index is 2.03. The Labute approximate surface area is 162 Å². The molecular weight excluding hydrogens is 368 g/mol. The number of ether oxygens (including phenoxy) is 2. The Morgan fingerprint density at radius 3 is 2.44 bits per heavy atom. The van der Waals surface area contributed by atoms with Gasteiger partial charge >= 0.3 is 6.09 Å². The maximum Gasteiger partial charge on any atom is 0.410 e. The third kappa shape index (κ3) is 6.10. The van der Waals surface area contributed by atoms with Crippen molar-refractivity contribution in [1.82, 2.24) is 9.21 Å². The molecule has 1 aliphatic rings. The Morgan fingerprint density at radius 1 is 1.26 bits per heavy atom. The van der Waals surface area contributed by atoms with Crippen LogP contribution >= 0.6 is 0 Å². The number of carbonyl (C=O) groups excluding carboxylic acids is 1. The minimum atomic E-state index is -3.47. The van der Waals surface area contributed by atoms with Crippen molar-refractivity contribution in [3.8, 4) is 5.75 Å². The fraction of sp³-hybridized carbons (Fsp3) is 0.632. The lowest BCUT2D eigenvalue weighted by Crippen LogP contribution is -2.51. The van der Waals surface area contributed by atoms with Gasteiger partial charge in [-0.15, -0.1) is 0 Å². The largest absolute Gasteiger partial charge is 0.497 e. The van der Waals surface area contributed by atoms with E-state index in [-0.39, 0.29) is 18.3 Å². The molecule has 7 nitrogen and oxygen atoms in total. The van der Waals surface area contributed by atoms with Crippen LogP contribution in [0.25, 0.3) is 0 Å². The second-order valence-corrected chi connectivity index (χ2v) is 9.82. The number of rotatable bonds is 5. The predicted octanol–water partition coefficient (Wildman–Crippen LogP) is 2.86. The van der Waals surface area contributed by atoms with E-state index in [9.17, 15) is 13.2 Å². The molecule has 0 N–H and O–H groups in total. The number of hydrogen-bond donors (Lipinski definition) is 0. The highest BCUT2D eigenvalue weighted by Crippen LogP contribution is 2.22. The molecule has 0 spiro atoms. The summed E-state index contributed by atoms with van der Waals surface area (Å²) in [5, 5.41) is 0. The van der Waals surface area contributed by atoms with E-state index in [0.717, 1.165) is 6.42 Å². The molecule has 1 aliphatic heterocycles. The molecule has 0 radical (unpaired) electrons. The molecule has 1 atom stereocenters. The van der Waals surface area contributed by atoms with E-state index >= 15 is 0 Å². The van der Waals surface area contributed by atoms with E-state index in [2.05, 4.69) is 0 Å². The summed E-state index contributed by atoms with van der Waals surface area (Å²) in [6, 6.07) is 6.81. The van der Waals surface area contributed by atoms with E-state index in [0.29, 0.717) is 24.3 Å². The first-order valence-corrected chi connectivity index (χ1v) is 10.7. The van der Waals surface area contributed by atoms with Gasteiger partial charge in [0, 0.05) is 26.2 Å². The monoisotopic (exact) mass is 398 g/mol. The van der Waals surface area contributed by atoms with Crippen molar-refractivity contribution < 1.29 is 22.7 Å². The average Bonchev–Trinajstić information content (AvgIpc) is 2.60. The molecule has 0 bridgehead atoms. The van der Waals surface area contributed by atoms with Crippen LogP contribution < -0.4 is 4.74 Å². The molecule has 0 aliphatic carbocycles. The molecular formula is C19H30N2O5S. The van der Waals surface area contributed by atoms with Crippen molar-refractivity contribution in [2.24, 2.45) is 0 Å². The van der Waals surface area contributed by atoms with Crippen molar-refractivity contribution in [1.29, 1.82) is 0 Å². The van der Waals surface area contributed by atoms with Crippen molar-refractivity contribution in [2.45, 2.75) is 51.0 Å². The van der Waals surface area contributed by atoms with Crippen LogP contribution in [0.15, 0.2) is 24.3 Å². The van der Waals surface area contributed by atoms with E-state index in [1.54, 1.807) is 38.4 Å². The van der Waals surface area contributed by atoms with Crippen LogP contribution in [0, 0.1) is 0 Å². The average molecular weight is 399 g/mol. The minimum Gasteiger partial charge on any atom is -0.497 e. The predicted molar refractivity (Wildman–Crippen MR) is 104 cm³/mol. The fourth-order valence-corrected chi connectivity index (χ4v) is 4.60. The summed E-state index contributed by atoms with van der Waals surface area (Å²) in [6.07, 6.45) is 1.03. The quantitative estimate of drug-likeness (QED) is 0.762. The molecule has 1 saturated heterocycles. The molecule has 1 fully saturated rings. The number of carbonyl (C=O) groups is 1. The summed E-state index contributed by atoms with van der Waals surface area (Å²) >= 11 is 0. The maximum absolute atomic E-state index is 12.8. The molecule has 0 saturated carbocycles. The number of benzene rings is 1. The highest BCUT2D eigenvalue weighted by Gasteiger charge is 2.33. The van der Waals surface area contributed by atoms with Gasteiger partial charge in [-0.25, -0.2) is 13.2 Å². The van der Waals surface area contributed by atoms with Gasteiger partial charge in [-0.05, 0) is 51.3 Å². The van der Waals surface area contributed by atoms with Gasteiger partial charge in [0.25, 0.3) is 0 Å². The van der Waals surface area contributed by atoms with E-state index in [4.69, 9.17) is 9.47 Å². The lowest BCUT2D eigenvalue weighted by atomic mass is 10.1. The molecule has 1 unspecified atom stereocenters. The van der Waals surface area contributed by atoms with E-state index < -0.39 is 21.7 Å². The van der Waals surface area contributed by atoms with Gasteiger partial charge in [0.1, 0.15) is 11.4 Å².